The number of rotatable bonds is 3. The smallest absolute Gasteiger partial charge is 0.0795 e. The van der Waals surface area contributed by atoms with E-state index in [1.54, 1.807) is 0 Å². The highest BCUT2D eigenvalue weighted by Crippen LogP contribution is 2.18. The first kappa shape index (κ1) is 8.97. The third-order valence-electron chi connectivity index (χ3n) is 2.25. The maximum atomic E-state index is 9.85. The molecule has 1 rings (SSSR count). The topological polar surface area (TPSA) is 35.5 Å². The molecular formula is C8H18N2O. The zero-order valence-electron chi connectivity index (χ0n) is 7.43. The van der Waals surface area contributed by atoms with Crippen LogP contribution in [-0.4, -0.2) is 49.3 Å². The van der Waals surface area contributed by atoms with E-state index < -0.39 is 5.60 Å². The fourth-order valence-corrected chi connectivity index (χ4v) is 1.38. The Balaban J connectivity index is 2.23. The molecule has 1 aliphatic heterocycles. The van der Waals surface area contributed by atoms with Crippen LogP contribution in [0.3, 0.4) is 0 Å². The van der Waals surface area contributed by atoms with E-state index in [1.165, 1.54) is 0 Å². The van der Waals surface area contributed by atoms with Gasteiger partial charge in [0.2, 0.25) is 0 Å². The number of β-amino-alcohol motifs (C(OH)–C–C–N with tert-alkyl or cyclic N) is 1. The van der Waals surface area contributed by atoms with Crippen LogP contribution in [0.4, 0.5) is 0 Å². The quantitative estimate of drug-likeness (QED) is 0.590. The third-order valence-corrected chi connectivity index (χ3v) is 2.25. The summed E-state index contributed by atoms with van der Waals surface area (Å²) in [5.74, 6) is 0. The summed E-state index contributed by atoms with van der Waals surface area (Å²) in [5.41, 5.74) is -0.426. The zero-order chi connectivity index (χ0) is 8.32. The largest absolute Gasteiger partial charge is 0.388 e. The maximum absolute atomic E-state index is 9.85. The average Bonchev–Trinajstić information content (AvgIpc) is 2.33. The van der Waals surface area contributed by atoms with Crippen LogP contribution in [0.5, 0.6) is 0 Å². The Hall–Kier alpha value is -0.120. The van der Waals surface area contributed by atoms with E-state index in [0.29, 0.717) is 0 Å². The van der Waals surface area contributed by atoms with E-state index in [-0.39, 0.29) is 0 Å². The lowest BCUT2D eigenvalue weighted by Gasteiger charge is -2.22. The molecule has 0 radical (unpaired) electrons. The van der Waals surface area contributed by atoms with Crippen molar-refractivity contribution in [2.75, 3.05) is 33.7 Å². The third kappa shape index (κ3) is 2.77. The van der Waals surface area contributed by atoms with Gasteiger partial charge in [-0.1, -0.05) is 0 Å². The summed E-state index contributed by atoms with van der Waals surface area (Å²) in [6.45, 7) is 2.70. The monoisotopic (exact) mass is 158 g/mol. The fourth-order valence-electron chi connectivity index (χ4n) is 1.38. The number of nitrogens with one attached hydrogen (secondary N) is 1. The van der Waals surface area contributed by atoms with Crippen LogP contribution in [0.2, 0.25) is 0 Å². The maximum Gasteiger partial charge on any atom is 0.0795 e. The first-order valence-corrected chi connectivity index (χ1v) is 4.20. The molecule has 0 aromatic carbocycles. The standard InChI is InChI=1S/C8H18N2O/c1-10(2)6-4-8(11)3-5-9-7-8/h9,11H,3-7H2,1-2H3. The van der Waals surface area contributed by atoms with Gasteiger partial charge in [0.25, 0.3) is 0 Å². The lowest BCUT2D eigenvalue weighted by molar-refractivity contribution is 0.0453. The van der Waals surface area contributed by atoms with Crippen molar-refractivity contribution in [1.82, 2.24) is 10.2 Å². The minimum Gasteiger partial charge on any atom is -0.388 e. The van der Waals surface area contributed by atoms with Gasteiger partial charge >= 0.3 is 0 Å². The van der Waals surface area contributed by atoms with Gasteiger partial charge < -0.3 is 15.3 Å². The molecule has 3 heteroatoms. The summed E-state index contributed by atoms with van der Waals surface area (Å²) >= 11 is 0. The van der Waals surface area contributed by atoms with Crippen LogP contribution in [0.25, 0.3) is 0 Å². The van der Waals surface area contributed by atoms with Crippen LogP contribution in [0, 0.1) is 0 Å². The molecule has 1 saturated heterocycles. The van der Waals surface area contributed by atoms with Gasteiger partial charge in [0.15, 0.2) is 0 Å². The molecule has 0 saturated carbocycles. The zero-order valence-corrected chi connectivity index (χ0v) is 7.43. The molecule has 0 aliphatic carbocycles. The molecule has 11 heavy (non-hydrogen) atoms. The van der Waals surface area contributed by atoms with E-state index in [0.717, 1.165) is 32.5 Å². The molecular weight excluding hydrogens is 140 g/mol. The first-order valence-electron chi connectivity index (χ1n) is 4.20. The van der Waals surface area contributed by atoms with Crippen molar-refractivity contribution in [2.24, 2.45) is 0 Å². The van der Waals surface area contributed by atoms with E-state index in [4.69, 9.17) is 0 Å². The molecule has 3 nitrogen and oxygen atoms in total. The summed E-state index contributed by atoms with van der Waals surface area (Å²) in [7, 11) is 4.07. The SMILES string of the molecule is CN(C)CCC1(O)CCNC1. The fraction of sp³-hybridized carbons (Fsp3) is 1.00. The Labute approximate surface area is 68.4 Å². The van der Waals surface area contributed by atoms with Crippen molar-refractivity contribution in [1.29, 1.82) is 0 Å². The molecule has 0 aromatic rings. The molecule has 2 N–H and O–H groups in total. The van der Waals surface area contributed by atoms with Crippen LogP contribution in [-0.2, 0) is 0 Å². The summed E-state index contributed by atoms with van der Waals surface area (Å²) in [4.78, 5) is 2.11. The van der Waals surface area contributed by atoms with Crippen molar-refractivity contribution >= 4 is 0 Å². The Bertz CT molecular complexity index is 119. The number of aliphatic hydroxyl groups is 1. The highest BCUT2D eigenvalue weighted by Gasteiger charge is 2.30. The molecule has 1 atom stereocenters. The summed E-state index contributed by atoms with van der Waals surface area (Å²) in [6.07, 6.45) is 1.79. The lowest BCUT2D eigenvalue weighted by Crippen LogP contribution is -2.34. The predicted octanol–water partition coefficient (Wildman–Crippen LogP) is -0.338. The molecule has 0 aromatic heterocycles. The van der Waals surface area contributed by atoms with Gasteiger partial charge in [-0.05, 0) is 33.5 Å². The highest BCUT2D eigenvalue weighted by atomic mass is 16.3. The number of hydrogen-bond acceptors (Lipinski definition) is 3. The second-order valence-corrected chi connectivity index (χ2v) is 3.70. The van der Waals surface area contributed by atoms with Crippen molar-refractivity contribution in [3.63, 3.8) is 0 Å². The molecule has 0 amide bonds. The lowest BCUT2D eigenvalue weighted by atomic mass is 9.99. The molecule has 1 aliphatic rings. The van der Waals surface area contributed by atoms with Crippen LogP contribution in [0.1, 0.15) is 12.8 Å². The number of hydrogen-bond donors (Lipinski definition) is 2. The van der Waals surface area contributed by atoms with Crippen molar-refractivity contribution < 1.29 is 5.11 Å². The van der Waals surface area contributed by atoms with Crippen LogP contribution < -0.4 is 5.32 Å². The molecule has 0 spiro atoms. The Kier molecular flexibility index (Phi) is 2.87. The van der Waals surface area contributed by atoms with Crippen LogP contribution >= 0.6 is 0 Å². The molecule has 1 heterocycles. The van der Waals surface area contributed by atoms with Crippen molar-refractivity contribution in [2.45, 2.75) is 18.4 Å². The Morgan fingerprint density at radius 2 is 2.27 bits per heavy atom. The second-order valence-electron chi connectivity index (χ2n) is 3.70. The van der Waals surface area contributed by atoms with E-state index in [2.05, 4.69) is 10.2 Å². The van der Waals surface area contributed by atoms with E-state index in [1.807, 2.05) is 14.1 Å². The molecule has 1 unspecified atom stereocenters. The summed E-state index contributed by atoms with van der Waals surface area (Å²) in [6, 6.07) is 0. The van der Waals surface area contributed by atoms with Gasteiger partial charge in [0, 0.05) is 13.1 Å². The normalized spacial score (nSPS) is 31.6. The average molecular weight is 158 g/mol. The van der Waals surface area contributed by atoms with Gasteiger partial charge in [0.1, 0.15) is 0 Å². The van der Waals surface area contributed by atoms with Crippen molar-refractivity contribution in [3.8, 4) is 0 Å². The summed E-state index contributed by atoms with van der Waals surface area (Å²) in [5, 5.41) is 13.0. The van der Waals surface area contributed by atoms with Gasteiger partial charge in [-0.25, -0.2) is 0 Å². The Morgan fingerprint density at radius 1 is 1.55 bits per heavy atom. The van der Waals surface area contributed by atoms with E-state index >= 15 is 0 Å². The summed E-state index contributed by atoms with van der Waals surface area (Å²) < 4.78 is 0. The number of nitrogens with zero attached hydrogens (tertiary/aromatic N) is 1. The first-order chi connectivity index (χ1) is 5.12. The van der Waals surface area contributed by atoms with Gasteiger partial charge in [-0.3, -0.25) is 0 Å². The minimum atomic E-state index is -0.426. The van der Waals surface area contributed by atoms with Gasteiger partial charge in [0.05, 0.1) is 5.60 Å². The molecule has 1 fully saturated rings. The van der Waals surface area contributed by atoms with Crippen molar-refractivity contribution in [3.05, 3.63) is 0 Å². The van der Waals surface area contributed by atoms with Gasteiger partial charge in [-0.2, -0.15) is 0 Å². The molecule has 66 valence electrons. The predicted molar refractivity (Wildman–Crippen MR) is 45.6 cm³/mol. The van der Waals surface area contributed by atoms with Gasteiger partial charge in [-0.15, -0.1) is 0 Å². The minimum absolute atomic E-state index is 0.426. The highest BCUT2D eigenvalue weighted by molar-refractivity contribution is 4.87. The van der Waals surface area contributed by atoms with E-state index in [9.17, 15) is 5.11 Å². The Morgan fingerprint density at radius 3 is 2.73 bits per heavy atom. The van der Waals surface area contributed by atoms with Crippen LogP contribution in [0.15, 0.2) is 0 Å². The second kappa shape index (κ2) is 3.52. The molecule has 0 bridgehead atoms.